The fraction of sp³-hybridized carbons (Fsp3) is 0. The molecule has 0 saturated carbocycles. The van der Waals surface area contributed by atoms with Gasteiger partial charge in [0.1, 0.15) is 28.4 Å². The summed E-state index contributed by atoms with van der Waals surface area (Å²) in [5.74, 6) is 2.50. The number of ether oxygens (including phenoxy) is 1. The second-order valence-electron chi connectivity index (χ2n) is 14.0. The van der Waals surface area contributed by atoms with E-state index in [2.05, 4.69) is 156 Å². The fourth-order valence-corrected chi connectivity index (χ4v) is 8.64. The van der Waals surface area contributed by atoms with Crippen molar-refractivity contribution in [3.8, 4) is 56.3 Å². The Labute approximate surface area is 305 Å². The maximum Gasteiger partial charge on any atom is 0.434 e. The summed E-state index contributed by atoms with van der Waals surface area (Å²) in [5.41, 5.74) is 14.0. The number of hydrogen-bond acceptors (Lipinski definition) is 3. The summed E-state index contributed by atoms with van der Waals surface area (Å²) in [4.78, 5) is 0. The van der Waals surface area contributed by atoms with Crippen molar-refractivity contribution in [2.24, 2.45) is 0 Å². The summed E-state index contributed by atoms with van der Waals surface area (Å²) in [5, 5.41) is 4.71. The lowest BCUT2D eigenvalue weighted by Crippen LogP contribution is -2.53. The van der Waals surface area contributed by atoms with E-state index in [0.29, 0.717) is 0 Å². The summed E-state index contributed by atoms with van der Waals surface area (Å²) in [6, 6.07) is 60.0. The molecule has 5 heteroatoms. The summed E-state index contributed by atoms with van der Waals surface area (Å²) in [6.07, 6.45) is 0. The van der Waals surface area contributed by atoms with Crippen LogP contribution in [0.3, 0.4) is 0 Å². The number of fused-ring (bicyclic) bond motifs is 10. The number of para-hydroxylation sites is 4. The number of furan rings is 1. The number of nitrogens with zero attached hydrogens (tertiary/aromatic N) is 1. The van der Waals surface area contributed by atoms with Crippen LogP contribution in [0.15, 0.2) is 174 Å². The molecule has 8 aromatic carbocycles. The largest absolute Gasteiger partial charge is 0.551 e. The Balaban J connectivity index is 1.01. The molecule has 53 heavy (non-hydrogen) atoms. The number of hydrogen-bond donors (Lipinski definition) is 0. The van der Waals surface area contributed by atoms with Crippen LogP contribution in [0.25, 0.3) is 82.8 Å². The summed E-state index contributed by atoms with van der Waals surface area (Å²) < 4.78 is 22.2. The van der Waals surface area contributed by atoms with Crippen LogP contribution >= 0.6 is 0 Å². The molecule has 246 valence electrons. The van der Waals surface area contributed by atoms with Gasteiger partial charge in [-0.2, -0.15) is 0 Å². The molecule has 4 nitrogen and oxygen atoms in total. The second-order valence-corrected chi connectivity index (χ2v) is 14.0. The molecule has 0 aliphatic carbocycles. The van der Waals surface area contributed by atoms with Gasteiger partial charge in [-0.05, 0) is 88.5 Å². The molecule has 2 aliphatic heterocycles. The van der Waals surface area contributed by atoms with Crippen LogP contribution in [-0.4, -0.2) is 11.5 Å². The van der Waals surface area contributed by atoms with Crippen LogP contribution in [0.2, 0.25) is 0 Å². The van der Waals surface area contributed by atoms with Crippen LogP contribution in [0.5, 0.6) is 17.2 Å². The van der Waals surface area contributed by atoms with Gasteiger partial charge in [-0.3, -0.25) is 0 Å². The molecule has 0 N–H and O–H groups in total. The molecule has 0 amide bonds. The standard InChI is InChI=1S/C48H28BNO3/c1-5-16-41-34(12-1)35-13-2-6-17-42(35)50(41)33-21-22-40-46(28-33)52-47-27-32(26-39-37-15-4-8-19-45(37)53-49(40)48(39)47)30-11-9-10-29(24-30)31-20-23-44-38(25-31)36-14-3-7-18-43(36)51-44/h1-28H. The summed E-state index contributed by atoms with van der Waals surface area (Å²) in [7, 11) is 0. The molecular weight excluding hydrogens is 649 g/mol. The van der Waals surface area contributed by atoms with Gasteiger partial charge in [0.15, 0.2) is 0 Å². The second kappa shape index (κ2) is 10.8. The van der Waals surface area contributed by atoms with E-state index in [4.69, 9.17) is 13.8 Å². The predicted molar refractivity (Wildman–Crippen MR) is 217 cm³/mol. The van der Waals surface area contributed by atoms with Gasteiger partial charge in [0.25, 0.3) is 0 Å². The molecular formula is C48H28BNO3. The normalized spacial score (nSPS) is 12.8. The van der Waals surface area contributed by atoms with Crippen molar-refractivity contribution in [2.45, 2.75) is 0 Å². The maximum atomic E-state index is 6.96. The summed E-state index contributed by atoms with van der Waals surface area (Å²) >= 11 is 0. The molecule has 0 spiro atoms. The van der Waals surface area contributed by atoms with Crippen LogP contribution in [0.4, 0.5) is 0 Å². The zero-order valence-electron chi connectivity index (χ0n) is 28.4. The zero-order chi connectivity index (χ0) is 34.6. The van der Waals surface area contributed by atoms with E-state index in [0.717, 1.165) is 100 Å². The third kappa shape index (κ3) is 4.19. The Bertz CT molecular complexity index is 3100. The highest BCUT2D eigenvalue weighted by atomic mass is 16.5. The molecule has 4 heterocycles. The highest BCUT2D eigenvalue weighted by Crippen LogP contribution is 2.43. The molecule has 2 aromatic heterocycles. The van der Waals surface area contributed by atoms with Gasteiger partial charge in [0.05, 0.1) is 11.0 Å². The third-order valence-electron chi connectivity index (χ3n) is 11.1. The highest BCUT2D eigenvalue weighted by Gasteiger charge is 2.41. The number of aromatic nitrogens is 1. The van der Waals surface area contributed by atoms with Crippen LogP contribution < -0.4 is 20.3 Å². The first kappa shape index (κ1) is 28.7. The van der Waals surface area contributed by atoms with Crippen molar-refractivity contribution >= 4 is 61.6 Å². The quantitative estimate of drug-likeness (QED) is 0.175. The van der Waals surface area contributed by atoms with Gasteiger partial charge in [-0.1, -0.05) is 103 Å². The predicted octanol–water partition coefficient (Wildman–Crippen LogP) is 11.3. The lowest BCUT2D eigenvalue weighted by Gasteiger charge is -2.33. The van der Waals surface area contributed by atoms with Crippen molar-refractivity contribution in [1.29, 1.82) is 0 Å². The zero-order valence-corrected chi connectivity index (χ0v) is 28.4. The van der Waals surface area contributed by atoms with Crippen molar-refractivity contribution in [3.63, 3.8) is 0 Å². The van der Waals surface area contributed by atoms with Crippen LogP contribution in [0, 0.1) is 0 Å². The average Bonchev–Trinajstić information content (AvgIpc) is 3.76. The van der Waals surface area contributed by atoms with Crippen molar-refractivity contribution < 1.29 is 13.8 Å². The Kier molecular flexibility index (Phi) is 5.83. The lowest BCUT2D eigenvalue weighted by molar-refractivity contribution is 0.479. The SMILES string of the molecule is c1cc(-c2cc3c4c(c2)-c2ccccc2OB4c2ccc(-n4c5ccccc5c5ccccc54)cc2O3)cc(-c2ccc3oc4ccccc4c3c2)c1. The molecule has 0 atom stereocenters. The van der Waals surface area contributed by atoms with Crippen molar-refractivity contribution in [2.75, 3.05) is 0 Å². The monoisotopic (exact) mass is 677 g/mol. The van der Waals surface area contributed by atoms with Gasteiger partial charge in [-0.15, -0.1) is 0 Å². The third-order valence-corrected chi connectivity index (χ3v) is 11.1. The van der Waals surface area contributed by atoms with E-state index >= 15 is 0 Å². The fourth-order valence-electron chi connectivity index (χ4n) is 8.64. The minimum atomic E-state index is -0.289. The summed E-state index contributed by atoms with van der Waals surface area (Å²) in [6.45, 7) is -0.289. The van der Waals surface area contributed by atoms with E-state index in [1.807, 2.05) is 18.2 Å². The molecule has 2 aliphatic rings. The van der Waals surface area contributed by atoms with Gasteiger partial charge in [-0.25, -0.2) is 0 Å². The van der Waals surface area contributed by atoms with Crippen LogP contribution in [-0.2, 0) is 0 Å². The first-order valence-electron chi connectivity index (χ1n) is 18.0. The van der Waals surface area contributed by atoms with E-state index < -0.39 is 0 Å². The molecule has 0 saturated heterocycles. The van der Waals surface area contributed by atoms with Gasteiger partial charge < -0.3 is 18.4 Å². The molecule has 0 fully saturated rings. The first-order valence-corrected chi connectivity index (χ1v) is 18.0. The molecule has 10 aromatic rings. The smallest absolute Gasteiger partial charge is 0.434 e. The van der Waals surface area contributed by atoms with Crippen molar-refractivity contribution in [1.82, 2.24) is 4.57 Å². The Morgan fingerprint density at radius 1 is 0.415 bits per heavy atom. The highest BCUT2D eigenvalue weighted by molar-refractivity contribution is 6.84. The van der Waals surface area contributed by atoms with Crippen molar-refractivity contribution in [3.05, 3.63) is 170 Å². The Hall–Kier alpha value is -6.98. The first-order chi connectivity index (χ1) is 26.2. The van der Waals surface area contributed by atoms with E-state index in [1.165, 1.54) is 10.8 Å². The Morgan fingerprint density at radius 3 is 1.96 bits per heavy atom. The van der Waals surface area contributed by atoms with E-state index in [1.54, 1.807) is 0 Å². The van der Waals surface area contributed by atoms with Gasteiger partial charge >= 0.3 is 6.92 Å². The topological polar surface area (TPSA) is 36.5 Å². The molecule has 0 unspecified atom stereocenters. The number of benzene rings is 8. The minimum Gasteiger partial charge on any atom is -0.551 e. The van der Waals surface area contributed by atoms with Crippen LogP contribution in [0.1, 0.15) is 0 Å². The Morgan fingerprint density at radius 2 is 1.11 bits per heavy atom. The molecule has 0 radical (unpaired) electrons. The number of rotatable bonds is 3. The molecule has 12 rings (SSSR count). The van der Waals surface area contributed by atoms with E-state index in [9.17, 15) is 0 Å². The average molecular weight is 678 g/mol. The minimum absolute atomic E-state index is 0.289. The van der Waals surface area contributed by atoms with Gasteiger partial charge in [0.2, 0.25) is 0 Å². The maximum absolute atomic E-state index is 6.96. The molecule has 0 bridgehead atoms. The van der Waals surface area contributed by atoms with Gasteiger partial charge in [0, 0.05) is 49.8 Å². The lowest BCUT2D eigenvalue weighted by atomic mass is 9.50. The van der Waals surface area contributed by atoms with E-state index in [-0.39, 0.29) is 6.92 Å².